The van der Waals surface area contributed by atoms with Gasteiger partial charge in [0, 0.05) is 24.8 Å². The van der Waals surface area contributed by atoms with E-state index in [1.807, 2.05) is 20.8 Å². The van der Waals surface area contributed by atoms with Gasteiger partial charge in [-0.2, -0.15) is 23.4 Å². The first kappa shape index (κ1) is 28.8. The van der Waals surface area contributed by atoms with E-state index in [0.29, 0.717) is 37.1 Å². The molecular formula is C27H31ClF3N7O3. The van der Waals surface area contributed by atoms with Crippen molar-refractivity contribution in [2.45, 2.75) is 64.4 Å². The fourth-order valence-electron chi connectivity index (χ4n) is 5.68. The molecule has 41 heavy (non-hydrogen) atoms. The van der Waals surface area contributed by atoms with E-state index in [4.69, 9.17) is 27.8 Å². The fraction of sp³-hybridized carbons (Fsp3) is 0.481. The van der Waals surface area contributed by atoms with Gasteiger partial charge in [0.2, 0.25) is 0 Å². The largest absolute Gasteiger partial charge is 0.444 e. The Kier molecular flexibility index (Phi) is 6.99. The first-order chi connectivity index (χ1) is 19.1. The summed E-state index contributed by atoms with van der Waals surface area (Å²) in [4.78, 5) is 26.6. The predicted octanol–water partition coefficient (Wildman–Crippen LogP) is 5.11. The first-order valence-corrected chi connectivity index (χ1v) is 13.5. The number of ether oxygens (including phenoxy) is 1. The molecule has 0 radical (unpaired) electrons. The third-order valence-corrected chi connectivity index (χ3v) is 7.88. The second kappa shape index (κ2) is 9.97. The van der Waals surface area contributed by atoms with Crippen LogP contribution in [0.5, 0.6) is 0 Å². The number of benzene rings is 1. The van der Waals surface area contributed by atoms with Crippen LogP contribution in [0.3, 0.4) is 0 Å². The number of rotatable bonds is 5. The van der Waals surface area contributed by atoms with Gasteiger partial charge >= 0.3 is 12.3 Å². The van der Waals surface area contributed by atoms with E-state index in [0.717, 1.165) is 12.5 Å². The molecule has 1 spiro atoms. The molecule has 2 fully saturated rings. The van der Waals surface area contributed by atoms with Gasteiger partial charge in [-0.3, -0.25) is 9.48 Å². The quantitative estimate of drug-likeness (QED) is 0.422. The zero-order valence-electron chi connectivity index (χ0n) is 22.8. The molecule has 2 amide bonds. The molecule has 3 heterocycles. The molecule has 0 unspecified atom stereocenters. The molecule has 0 atom stereocenters. The molecule has 1 aliphatic heterocycles. The maximum atomic E-state index is 13.3. The number of carbonyl (C=O) groups excluding carboxylic acids is 2. The second-order valence-electron chi connectivity index (χ2n) is 11.9. The summed E-state index contributed by atoms with van der Waals surface area (Å²) in [6.45, 7) is 6.69. The average Bonchev–Trinajstić information content (AvgIpc) is 3.54. The van der Waals surface area contributed by atoms with E-state index >= 15 is 0 Å². The van der Waals surface area contributed by atoms with Crippen LogP contribution in [0.25, 0.3) is 11.3 Å². The minimum Gasteiger partial charge on any atom is -0.444 e. The monoisotopic (exact) mass is 593 g/mol. The lowest BCUT2D eigenvalue weighted by molar-refractivity contribution is -0.137. The van der Waals surface area contributed by atoms with Crippen LogP contribution < -0.4 is 11.5 Å². The molecule has 2 aromatic heterocycles. The number of primary amides is 1. The van der Waals surface area contributed by atoms with E-state index in [2.05, 4.69) is 10.2 Å². The van der Waals surface area contributed by atoms with Crippen molar-refractivity contribution >= 4 is 29.4 Å². The van der Waals surface area contributed by atoms with Crippen LogP contribution >= 0.6 is 11.6 Å². The number of halogens is 4. The second-order valence-corrected chi connectivity index (χ2v) is 12.3. The lowest BCUT2D eigenvalue weighted by atomic mass is 9.65. The van der Waals surface area contributed by atoms with Gasteiger partial charge in [-0.05, 0) is 63.1 Å². The number of aromatic nitrogens is 4. The normalized spacial score (nSPS) is 20.9. The van der Waals surface area contributed by atoms with E-state index in [1.54, 1.807) is 15.8 Å². The van der Waals surface area contributed by atoms with E-state index in [1.165, 1.54) is 23.0 Å². The summed E-state index contributed by atoms with van der Waals surface area (Å²) >= 11 is 5.73. The number of nitrogens with zero attached hydrogens (tertiary/aromatic N) is 5. The number of nitrogens with two attached hydrogens (primary N) is 2. The van der Waals surface area contributed by atoms with Crippen LogP contribution in [-0.4, -0.2) is 55.2 Å². The molecule has 1 saturated heterocycles. The number of carbonyl (C=O) groups is 2. The van der Waals surface area contributed by atoms with Crippen molar-refractivity contribution in [2.75, 3.05) is 18.8 Å². The Labute approximate surface area is 239 Å². The summed E-state index contributed by atoms with van der Waals surface area (Å²) < 4.78 is 48.3. The third-order valence-electron chi connectivity index (χ3n) is 7.55. The Morgan fingerprint density at radius 3 is 2.56 bits per heavy atom. The first-order valence-electron chi connectivity index (χ1n) is 13.1. The summed E-state index contributed by atoms with van der Waals surface area (Å²) in [5.41, 5.74) is 11.5. The van der Waals surface area contributed by atoms with Crippen molar-refractivity contribution in [1.29, 1.82) is 0 Å². The molecule has 5 rings (SSSR count). The molecule has 1 aliphatic carbocycles. The van der Waals surface area contributed by atoms with Gasteiger partial charge in [-0.25, -0.2) is 9.48 Å². The van der Waals surface area contributed by atoms with E-state index < -0.39 is 23.2 Å². The smallest absolute Gasteiger partial charge is 0.417 e. The summed E-state index contributed by atoms with van der Waals surface area (Å²) in [5.74, 6) is -0.621. The summed E-state index contributed by atoms with van der Waals surface area (Å²) in [7, 11) is 0. The SMILES string of the molecule is CC(C)(C)OC(=O)N1CCC2(CC(n3nc(-c4cnn(Cc5ccc(Cl)c(C(F)(F)F)c5)c4)c(C(N)=O)c3N)C2)C1. The van der Waals surface area contributed by atoms with Crippen LogP contribution in [0.15, 0.2) is 30.6 Å². The minimum atomic E-state index is -4.59. The lowest BCUT2D eigenvalue weighted by Crippen LogP contribution is -2.43. The van der Waals surface area contributed by atoms with Crippen LogP contribution in [0, 0.1) is 5.41 Å². The van der Waals surface area contributed by atoms with Gasteiger partial charge in [0.1, 0.15) is 22.7 Å². The van der Waals surface area contributed by atoms with Gasteiger partial charge in [-0.15, -0.1) is 0 Å². The number of hydrogen-bond acceptors (Lipinski definition) is 6. The molecule has 14 heteroatoms. The third kappa shape index (κ3) is 5.72. The van der Waals surface area contributed by atoms with Crippen molar-refractivity contribution in [3.8, 4) is 11.3 Å². The number of likely N-dealkylation sites (tertiary alicyclic amines) is 1. The van der Waals surface area contributed by atoms with Gasteiger partial charge in [0.15, 0.2) is 0 Å². The van der Waals surface area contributed by atoms with Gasteiger partial charge in [0.05, 0.1) is 29.4 Å². The molecule has 3 aromatic rings. The van der Waals surface area contributed by atoms with Crippen molar-refractivity contribution in [3.05, 3.63) is 52.3 Å². The highest BCUT2D eigenvalue weighted by atomic mass is 35.5. The summed E-state index contributed by atoms with van der Waals surface area (Å²) in [6, 6.07) is 3.57. The van der Waals surface area contributed by atoms with Gasteiger partial charge in [0.25, 0.3) is 5.91 Å². The Morgan fingerprint density at radius 1 is 1.22 bits per heavy atom. The van der Waals surface area contributed by atoms with Crippen LogP contribution in [0.4, 0.5) is 23.8 Å². The van der Waals surface area contributed by atoms with E-state index in [9.17, 15) is 22.8 Å². The molecule has 2 aliphatic rings. The average molecular weight is 594 g/mol. The Bertz CT molecular complexity index is 1500. The number of alkyl halides is 3. The Morgan fingerprint density at radius 2 is 1.93 bits per heavy atom. The van der Waals surface area contributed by atoms with Gasteiger partial charge < -0.3 is 21.1 Å². The van der Waals surface area contributed by atoms with Crippen molar-refractivity contribution in [2.24, 2.45) is 11.1 Å². The molecule has 10 nitrogen and oxygen atoms in total. The standard InChI is InChI=1S/C27H31ClF3N7O3/c1-25(2,3)41-24(40)36-7-6-26(14-36)9-17(10-26)38-22(32)20(23(33)39)21(35-38)16-11-34-37(13-16)12-15-4-5-19(28)18(8-15)27(29,30)31/h4-5,8,11,13,17H,6-7,9-10,12,14,32H2,1-3H3,(H2,33,39). The Hall–Kier alpha value is -3.74. The van der Waals surface area contributed by atoms with Crippen molar-refractivity contribution in [3.63, 3.8) is 0 Å². The summed E-state index contributed by atoms with van der Waals surface area (Å²) in [5, 5.41) is 8.48. The molecule has 1 saturated carbocycles. The fourth-order valence-corrected chi connectivity index (χ4v) is 5.91. The number of nitrogen functional groups attached to an aromatic ring is 1. The highest BCUT2D eigenvalue weighted by Crippen LogP contribution is 2.55. The van der Waals surface area contributed by atoms with Crippen molar-refractivity contribution < 1.29 is 27.5 Å². The van der Waals surface area contributed by atoms with Crippen LogP contribution in [0.2, 0.25) is 5.02 Å². The maximum absolute atomic E-state index is 13.3. The zero-order chi connectivity index (χ0) is 29.9. The molecule has 220 valence electrons. The Balaban J connectivity index is 1.33. The highest BCUT2D eigenvalue weighted by molar-refractivity contribution is 6.31. The van der Waals surface area contributed by atoms with Crippen LogP contribution in [0.1, 0.15) is 67.6 Å². The lowest BCUT2D eigenvalue weighted by Gasteiger charge is -2.45. The minimum absolute atomic E-state index is 0.0294. The number of amides is 2. The predicted molar refractivity (Wildman–Crippen MR) is 145 cm³/mol. The molecule has 4 N–H and O–H groups in total. The maximum Gasteiger partial charge on any atom is 0.417 e. The molecule has 0 bridgehead atoms. The zero-order valence-corrected chi connectivity index (χ0v) is 23.6. The van der Waals surface area contributed by atoms with Gasteiger partial charge in [-0.1, -0.05) is 17.7 Å². The highest BCUT2D eigenvalue weighted by Gasteiger charge is 2.51. The molecule has 1 aromatic carbocycles. The topological polar surface area (TPSA) is 134 Å². The van der Waals surface area contributed by atoms with Crippen molar-refractivity contribution in [1.82, 2.24) is 24.5 Å². The summed E-state index contributed by atoms with van der Waals surface area (Å²) in [6.07, 6.45) is 0.360. The van der Waals surface area contributed by atoms with Crippen LogP contribution in [-0.2, 0) is 17.5 Å². The number of hydrogen-bond donors (Lipinski definition) is 2. The molecular weight excluding hydrogens is 563 g/mol. The van der Waals surface area contributed by atoms with E-state index in [-0.39, 0.29) is 46.2 Å². The number of anilines is 1.